The van der Waals surface area contributed by atoms with E-state index in [-0.39, 0.29) is 0 Å². The zero-order chi connectivity index (χ0) is 11.9. The molecule has 0 radical (unpaired) electrons. The molecule has 0 aromatic heterocycles. The summed E-state index contributed by atoms with van der Waals surface area (Å²) in [6.45, 7) is 3.49. The molecule has 0 amide bonds. The molecule has 1 aliphatic rings. The van der Waals surface area contributed by atoms with Gasteiger partial charge in [-0.3, -0.25) is 0 Å². The molecule has 1 nitrogen and oxygen atoms in total. The van der Waals surface area contributed by atoms with E-state index in [1.807, 2.05) is 0 Å². The average molecular weight is 231 g/mol. The molecule has 1 aromatic carbocycles. The predicted molar refractivity (Wildman–Crippen MR) is 74.2 cm³/mol. The van der Waals surface area contributed by atoms with Crippen LogP contribution in [-0.2, 0) is 6.42 Å². The van der Waals surface area contributed by atoms with Gasteiger partial charge in [-0.05, 0) is 37.3 Å². The summed E-state index contributed by atoms with van der Waals surface area (Å²) in [5, 5.41) is 3.72. The highest BCUT2D eigenvalue weighted by Crippen LogP contribution is 2.28. The molecule has 1 aromatic rings. The van der Waals surface area contributed by atoms with E-state index in [4.69, 9.17) is 0 Å². The Hall–Kier alpha value is -0.820. The van der Waals surface area contributed by atoms with Gasteiger partial charge in [0.2, 0.25) is 0 Å². The first kappa shape index (κ1) is 12.6. The second-order valence-corrected chi connectivity index (χ2v) is 5.33. The Kier molecular flexibility index (Phi) is 5.06. The molecule has 1 saturated carbocycles. The van der Waals surface area contributed by atoms with E-state index in [1.54, 1.807) is 0 Å². The molecular formula is C16H25N. The molecule has 1 N–H and O–H groups in total. The van der Waals surface area contributed by atoms with Crippen LogP contribution in [0.5, 0.6) is 0 Å². The van der Waals surface area contributed by atoms with Crippen LogP contribution in [0, 0.1) is 5.92 Å². The first-order chi connectivity index (χ1) is 8.38. The van der Waals surface area contributed by atoms with E-state index in [9.17, 15) is 0 Å². The monoisotopic (exact) mass is 231 g/mol. The van der Waals surface area contributed by atoms with Crippen molar-refractivity contribution in [2.75, 3.05) is 6.54 Å². The summed E-state index contributed by atoms with van der Waals surface area (Å²) in [6.07, 6.45) is 8.17. The lowest BCUT2D eigenvalue weighted by Gasteiger charge is -2.26. The van der Waals surface area contributed by atoms with Crippen molar-refractivity contribution in [1.29, 1.82) is 0 Å². The Balaban J connectivity index is 1.68. The molecule has 0 saturated heterocycles. The molecule has 0 bridgehead atoms. The van der Waals surface area contributed by atoms with Gasteiger partial charge in [0, 0.05) is 6.04 Å². The Bertz CT molecular complexity index is 303. The van der Waals surface area contributed by atoms with Gasteiger partial charge >= 0.3 is 0 Å². The lowest BCUT2D eigenvalue weighted by molar-refractivity contribution is 0.286. The molecule has 1 fully saturated rings. The second kappa shape index (κ2) is 6.80. The van der Waals surface area contributed by atoms with Gasteiger partial charge in [0.25, 0.3) is 0 Å². The summed E-state index contributed by atoms with van der Waals surface area (Å²) >= 11 is 0. The number of nitrogens with one attached hydrogen (secondary N) is 1. The smallest absolute Gasteiger partial charge is 0.0105 e. The first-order valence-electron chi connectivity index (χ1n) is 7.15. The molecule has 0 aliphatic heterocycles. The zero-order valence-electron chi connectivity index (χ0n) is 11.0. The molecule has 94 valence electrons. The standard InChI is InChI=1S/C16H25N/c1-2-16(13-15-7-4-3-5-8-15)17-12-11-14-9-6-10-14/h3-5,7-8,14,16-17H,2,6,9-13H2,1H3. The van der Waals surface area contributed by atoms with Crippen molar-refractivity contribution in [3.05, 3.63) is 35.9 Å². The van der Waals surface area contributed by atoms with E-state index < -0.39 is 0 Å². The van der Waals surface area contributed by atoms with E-state index in [0.29, 0.717) is 6.04 Å². The minimum atomic E-state index is 0.650. The quantitative estimate of drug-likeness (QED) is 0.753. The summed E-state index contributed by atoms with van der Waals surface area (Å²) in [5.74, 6) is 1.02. The van der Waals surface area contributed by atoms with Crippen molar-refractivity contribution in [1.82, 2.24) is 5.32 Å². The molecule has 2 rings (SSSR count). The van der Waals surface area contributed by atoms with Crippen LogP contribution in [0.25, 0.3) is 0 Å². The number of rotatable bonds is 7. The zero-order valence-corrected chi connectivity index (χ0v) is 11.0. The van der Waals surface area contributed by atoms with Crippen LogP contribution < -0.4 is 5.32 Å². The average Bonchev–Trinajstić information content (AvgIpc) is 2.32. The Morgan fingerprint density at radius 3 is 2.59 bits per heavy atom. The van der Waals surface area contributed by atoms with Crippen molar-refractivity contribution in [2.45, 2.75) is 51.5 Å². The van der Waals surface area contributed by atoms with E-state index in [1.165, 1.54) is 50.6 Å². The molecule has 0 spiro atoms. The van der Waals surface area contributed by atoms with Gasteiger partial charge in [0.1, 0.15) is 0 Å². The maximum absolute atomic E-state index is 3.72. The number of benzene rings is 1. The van der Waals surface area contributed by atoms with Crippen LogP contribution >= 0.6 is 0 Å². The van der Waals surface area contributed by atoms with Crippen LogP contribution in [0.15, 0.2) is 30.3 Å². The van der Waals surface area contributed by atoms with Crippen molar-refractivity contribution in [3.63, 3.8) is 0 Å². The van der Waals surface area contributed by atoms with E-state index in [2.05, 4.69) is 42.6 Å². The van der Waals surface area contributed by atoms with Gasteiger partial charge in [-0.2, -0.15) is 0 Å². The largest absolute Gasteiger partial charge is 0.314 e. The predicted octanol–water partition coefficient (Wildman–Crippen LogP) is 3.79. The third kappa shape index (κ3) is 4.16. The normalized spacial score (nSPS) is 17.7. The third-order valence-corrected chi connectivity index (χ3v) is 4.03. The fourth-order valence-corrected chi connectivity index (χ4v) is 2.53. The highest BCUT2D eigenvalue weighted by molar-refractivity contribution is 5.15. The highest BCUT2D eigenvalue weighted by atomic mass is 14.9. The molecule has 1 atom stereocenters. The molecule has 1 aliphatic carbocycles. The number of hydrogen-bond donors (Lipinski definition) is 1. The van der Waals surface area contributed by atoms with Crippen molar-refractivity contribution < 1.29 is 0 Å². The van der Waals surface area contributed by atoms with Gasteiger partial charge in [0.05, 0.1) is 0 Å². The Labute approximate surface area is 106 Å². The highest BCUT2D eigenvalue weighted by Gasteiger charge is 2.17. The molecule has 0 heterocycles. The molecule has 1 unspecified atom stereocenters. The molecule has 17 heavy (non-hydrogen) atoms. The lowest BCUT2D eigenvalue weighted by Crippen LogP contribution is -2.32. The maximum Gasteiger partial charge on any atom is 0.0105 e. The molecular weight excluding hydrogens is 206 g/mol. The molecule has 1 heteroatoms. The summed E-state index contributed by atoms with van der Waals surface area (Å²) in [5.41, 5.74) is 1.45. The second-order valence-electron chi connectivity index (χ2n) is 5.33. The minimum absolute atomic E-state index is 0.650. The van der Waals surface area contributed by atoms with Crippen LogP contribution in [0.1, 0.15) is 44.6 Å². The fourth-order valence-electron chi connectivity index (χ4n) is 2.53. The van der Waals surface area contributed by atoms with Crippen LogP contribution in [0.3, 0.4) is 0 Å². The van der Waals surface area contributed by atoms with Crippen molar-refractivity contribution in [2.24, 2.45) is 5.92 Å². The fraction of sp³-hybridized carbons (Fsp3) is 0.625. The van der Waals surface area contributed by atoms with Crippen molar-refractivity contribution in [3.8, 4) is 0 Å². The van der Waals surface area contributed by atoms with Gasteiger partial charge in [-0.15, -0.1) is 0 Å². The Morgan fingerprint density at radius 2 is 2.00 bits per heavy atom. The van der Waals surface area contributed by atoms with Gasteiger partial charge < -0.3 is 5.32 Å². The van der Waals surface area contributed by atoms with E-state index in [0.717, 1.165) is 5.92 Å². The van der Waals surface area contributed by atoms with Crippen LogP contribution in [-0.4, -0.2) is 12.6 Å². The van der Waals surface area contributed by atoms with Crippen LogP contribution in [0.4, 0.5) is 0 Å². The topological polar surface area (TPSA) is 12.0 Å². The summed E-state index contributed by atoms with van der Waals surface area (Å²) in [6, 6.07) is 11.5. The SMILES string of the molecule is CCC(Cc1ccccc1)NCCC1CCC1. The summed E-state index contributed by atoms with van der Waals surface area (Å²) in [7, 11) is 0. The lowest BCUT2D eigenvalue weighted by atomic mass is 9.83. The van der Waals surface area contributed by atoms with E-state index >= 15 is 0 Å². The van der Waals surface area contributed by atoms with Crippen LogP contribution in [0.2, 0.25) is 0 Å². The first-order valence-corrected chi connectivity index (χ1v) is 7.15. The minimum Gasteiger partial charge on any atom is -0.314 e. The van der Waals surface area contributed by atoms with Gasteiger partial charge in [-0.25, -0.2) is 0 Å². The summed E-state index contributed by atoms with van der Waals surface area (Å²) < 4.78 is 0. The summed E-state index contributed by atoms with van der Waals surface area (Å²) in [4.78, 5) is 0. The Morgan fingerprint density at radius 1 is 1.24 bits per heavy atom. The number of hydrogen-bond acceptors (Lipinski definition) is 1. The van der Waals surface area contributed by atoms with Gasteiger partial charge in [-0.1, -0.05) is 56.5 Å². The van der Waals surface area contributed by atoms with Gasteiger partial charge in [0.15, 0.2) is 0 Å². The van der Waals surface area contributed by atoms with Crippen molar-refractivity contribution >= 4 is 0 Å². The maximum atomic E-state index is 3.72. The third-order valence-electron chi connectivity index (χ3n) is 4.03.